The Morgan fingerprint density at radius 2 is 2.33 bits per heavy atom. The van der Waals surface area contributed by atoms with E-state index in [1.807, 2.05) is 6.92 Å². The van der Waals surface area contributed by atoms with Crippen molar-refractivity contribution in [3.8, 4) is 11.8 Å². The average molecular weight is 281 g/mol. The summed E-state index contributed by atoms with van der Waals surface area (Å²) >= 11 is 1.74. The SMILES string of the molecule is CC#CCCCCOC(=O)NI. The van der Waals surface area contributed by atoms with E-state index in [0.717, 1.165) is 19.3 Å². The third kappa shape index (κ3) is 7.66. The minimum Gasteiger partial charge on any atom is -0.449 e. The molecule has 0 fully saturated rings. The zero-order valence-electron chi connectivity index (χ0n) is 7.02. The van der Waals surface area contributed by atoms with Crippen LogP contribution in [0.15, 0.2) is 0 Å². The van der Waals surface area contributed by atoms with E-state index in [9.17, 15) is 4.79 Å². The molecular formula is C8H12INO2. The molecule has 3 nitrogen and oxygen atoms in total. The summed E-state index contributed by atoms with van der Waals surface area (Å²) in [6, 6.07) is 0. The molecule has 0 aliphatic carbocycles. The molecule has 0 spiro atoms. The van der Waals surface area contributed by atoms with Gasteiger partial charge in [0.2, 0.25) is 0 Å². The van der Waals surface area contributed by atoms with Crippen LogP contribution in [0.1, 0.15) is 26.2 Å². The largest absolute Gasteiger partial charge is 0.449 e. The van der Waals surface area contributed by atoms with Gasteiger partial charge in [-0.2, -0.15) is 0 Å². The molecule has 0 radical (unpaired) electrons. The molecule has 0 atom stereocenters. The van der Waals surface area contributed by atoms with Gasteiger partial charge in [-0.3, -0.25) is 3.53 Å². The van der Waals surface area contributed by atoms with E-state index >= 15 is 0 Å². The van der Waals surface area contributed by atoms with Crippen LogP contribution in [-0.2, 0) is 4.74 Å². The second kappa shape index (κ2) is 8.65. The van der Waals surface area contributed by atoms with Gasteiger partial charge >= 0.3 is 6.09 Å². The van der Waals surface area contributed by atoms with Crippen molar-refractivity contribution in [2.45, 2.75) is 26.2 Å². The summed E-state index contributed by atoms with van der Waals surface area (Å²) in [5.41, 5.74) is 0. The summed E-state index contributed by atoms with van der Waals surface area (Å²) in [6.07, 6.45) is 2.36. The molecule has 0 aliphatic rings. The van der Waals surface area contributed by atoms with E-state index in [4.69, 9.17) is 4.74 Å². The normalized spacial score (nSPS) is 8.17. The molecule has 0 saturated heterocycles. The van der Waals surface area contributed by atoms with Gasteiger partial charge in [0.1, 0.15) is 0 Å². The lowest BCUT2D eigenvalue weighted by Crippen LogP contribution is -2.14. The maximum atomic E-state index is 10.5. The number of halogens is 1. The predicted molar refractivity (Wildman–Crippen MR) is 55.8 cm³/mol. The molecule has 0 unspecified atom stereocenters. The van der Waals surface area contributed by atoms with Crippen LogP contribution in [0, 0.1) is 11.8 Å². The Morgan fingerprint density at radius 1 is 1.58 bits per heavy atom. The summed E-state index contributed by atoms with van der Waals surface area (Å²) in [5.74, 6) is 5.75. The van der Waals surface area contributed by atoms with Crippen molar-refractivity contribution in [3.63, 3.8) is 0 Å². The molecular weight excluding hydrogens is 269 g/mol. The van der Waals surface area contributed by atoms with Gasteiger partial charge in [-0.05, 0) is 19.8 Å². The maximum absolute atomic E-state index is 10.5. The Balaban J connectivity index is 3.09. The summed E-state index contributed by atoms with van der Waals surface area (Å²) in [4.78, 5) is 10.5. The highest BCUT2D eigenvalue weighted by atomic mass is 127. The fourth-order valence-electron chi connectivity index (χ4n) is 0.633. The molecule has 4 heteroatoms. The van der Waals surface area contributed by atoms with E-state index in [1.165, 1.54) is 0 Å². The van der Waals surface area contributed by atoms with Gasteiger partial charge in [-0.15, -0.1) is 11.8 Å². The number of carbonyl (C=O) groups excluding carboxylic acids is 1. The van der Waals surface area contributed by atoms with Crippen molar-refractivity contribution < 1.29 is 9.53 Å². The third-order valence-corrected chi connectivity index (χ3v) is 1.62. The lowest BCUT2D eigenvalue weighted by atomic mass is 10.2. The van der Waals surface area contributed by atoms with E-state index < -0.39 is 0 Å². The van der Waals surface area contributed by atoms with E-state index in [-0.39, 0.29) is 6.09 Å². The van der Waals surface area contributed by atoms with Gasteiger partial charge in [-0.25, -0.2) is 4.79 Å². The van der Waals surface area contributed by atoms with Gasteiger partial charge in [-0.1, -0.05) is 0 Å². The molecule has 1 amide bonds. The Morgan fingerprint density at radius 3 is 2.92 bits per heavy atom. The molecule has 68 valence electrons. The van der Waals surface area contributed by atoms with Crippen LogP contribution in [0.5, 0.6) is 0 Å². The number of unbranched alkanes of at least 4 members (excludes halogenated alkanes) is 2. The highest BCUT2D eigenvalue weighted by Gasteiger charge is 1.96. The van der Waals surface area contributed by atoms with Crippen LogP contribution in [-0.4, -0.2) is 12.7 Å². The molecule has 12 heavy (non-hydrogen) atoms. The summed E-state index contributed by atoms with van der Waals surface area (Å²) < 4.78 is 7.11. The van der Waals surface area contributed by atoms with Crippen LogP contribution in [0.4, 0.5) is 4.79 Å². The van der Waals surface area contributed by atoms with Crippen LogP contribution >= 0.6 is 22.9 Å². The topological polar surface area (TPSA) is 38.3 Å². The van der Waals surface area contributed by atoms with Gasteiger partial charge in [0, 0.05) is 6.42 Å². The average Bonchev–Trinajstić information content (AvgIpc) is 2.10. The van der Waals surface area contributed by atoms with Crippen molar-refractivity contribution in [1.82, 2.24) is 3.53 Å². The first-order valence-electron chi connectivity index (χ1n) is 3.74. The minimum atomic E-state index is -0.378. The second-order valence-corrected chi connectivity index (χ2v) is 2.65. The number of ether oxygens (including phenoxy) is 1. The fourth-order valence-corrected chi connectivity index (χ4v) is 0.788. The summed E-state index contributed by atoms with van der Waals surface area (Å²) in [6.45, 7) is 2.29. The van der Waals surface area contributed by atoms with E-state index in [0.29, 0.717) is 6.61 Å². The number of carbonyl (C=O) groups is 1. The van der Waals surface area contributed by atoms with Crippen molar-refractivity contribution in [1.29, 1.82) is 0 Å². The zero-order chi connectivity index (χ0) is 9.23. The number of hydrogen-bond donors (Lipinski definition) is 1. The summed E-state index contributed by atoms with van der Waals surface area (Å²) in [5, 5.41) is 0. The molecule has 0 aromatic carbocycles. The van der Waals surface area contributed by atoms with Crippen molar-refractivity contribution in [3.05, 3.63) is 0 Å². The first-order valence-corrected chi connectivity index (χ1v) is 4.82. The molecule has 1 N–H and O–H groups in total. The van der Waals surface area contributed by atoms with Crippen molar-refractivity contribution >= 4 is 29.0 Å². The summed E-state index contributed by atoms with van der Waals surface area (Å²) in [7, 11) is 0. The van der Waals surface area contributed by atoms with Gasteiger partial charge in [0.25, 0.3) is 0 Å². The Hall–Kier alpha value is -0.440. The second-order valence-electron chi connectivity index (χ2n) is 2.11. The van der Waals surface area contributed by atoms with Crippen LogP contribution in [0.25, 0.3) is 0 Å². The van der Waals surface area contributed by atoms with E-state index in [2.05, 4.69) is 15.4 Å². The Bertz CT molecular complexity index is 183. The highest BCUT2D eigenvalue weighted by molar-refractivity contribution is 14.1. The number of rotatable bonds is 4. The lowest BCUT2D eigenvalue weighted by Gasteiger charge is -2.00. The molecule has 0 aromatic rings. The van der Waals surface area contributed by atoms with Crippen molar-refractivity contribution in [2.24, 2.45) is 0 Å². The number of amides is 1. The van der Waals surface area contributed by atoms with Crippen LogP contribution in [0.2, 0.25) is 0 Å². The maximum Gasteiger partial charge on any atom is 0.415 e. The van der Waals surface area contributed by atoms with Crippen LogP contribution < -0.4 is 3.53 Å². The minimum absolute atomic E-state index is 0.378. The quantitative estimate of drug-likeness (QED) is 0.371. The third-order valence-electron chi connectivity index (χ3n) is 1.18. The fraction of sp³-hybridized carbons (Fsp3) is 0.625. The molecule has 0 rings (SSSR count). The number of nitrogens with one attached hydrogen (secondary N) is 1. The molecule has 0 aliphatic heterocycles. The molecule has 0 saturated carbocycles. The van der Waals surface area contributed by atoms with Gasteiger partial charge < -0.3 is 4.74 Å². The number of hydrogen-bond acceptors (Lipinski definition) is 2. The van der Waals surface area contributed by atoms with E-state index in [1.54, 1.807) is 22.9 Å². The molecule has 0 bridgehead atoms. The van der Waals surface area contributed by atoms with Gasteiger partial charge in [0.15, 0.2) is 0 Å². The Labute approximate surface area is 86.7 Å². The first-order chi connectivity index (χ1) is 5.81. The highest BCUT2D eigenvalue weighted by Crippen LogP contribution is 1.94. The van der Waals surface area contributed by atoms with Crippen molar-refractivity contribution in [2.75, 3.05) is 6.61 Å². The molecule has 0 aromatic heterocycles. The van der Waals surface area contributed by atoms with Gasteiger partial charge in [0.05, 0.1) is 29.5 Å². The standard InChI is InChI=1S/C8H12INO2/c1-2-3-4-5-6-7-12-8(11)10-9/h4-7H2,1H3,(H,10,11). The monoisotopic (exact) mass is 281 g/mol. The smallest absolute Gasteiger partial charge is 0.415 e. The predicted octanol–water partition coefficient (Wildman–Crippen LogP) is 2.26. The first kappa shape index (κ1) is 11.6. The van der Waals surface area contributed by atoms with Crippen LogP contribution in [0.3, 0.4) is 0 Å². The lowest BCUT2D eigenvalue weighted by molar-refractivity contribution is 0.152. The Kier molecular flexibility index (Phi) is 8.34. The zero-order valence-corrected chi connectivity index (χ0v) is 9.18. The molecule has 0 heterocycles.